The summed E-state index contributed by atoms with van der Waals surface area (Å²) in [5, 5.41) is 0. The SMILES string of the molecule is CCCCCCCC(=O)/C=C/C=C/C=C/C=C/C=C(/CCCCC1CSC23C4C5CC5C4C2C2C4C5C6C7CC7C6C5C4(SCC1CCCC/C(=C/C=C/C=C/C=C/C=C/C(=O)CCCCCCC)N(C)C)C23)N(C)C. The molecule has 4 nitrogen and oxygen atoms in total. The summed E-state index contributed by atoms with van der Waals surface area (Å²) in [5.74, 6) is 20.9. The Morgan fingerprint density at radius 1 is 0.421 bits per heavy atom. The van der Waals surface area contributed by atoms with Crippen LogP contribution in [0.25, 0.3) is 0 Å². The normalized spacial score (nSPS) is 38.8. The molecule has 1 saturated heterocycles. The second kappa shape index (κ2) is 25.7. The number of allylic oxidation sites excluding steroid dienone is 20. The molecule has 9 saturated carbocycles. The molecule has 76 heavy (non-hydrogen) atoms. The van der Waals surface area contributed by atoms with Crippen LogP contribution in [0.1, 0.15) is 155 Å². The lowest BCUT2D eigenvalue weighted by atomic mass is 9.12. The lowest BCUT2D eigenvalue weighted by Gasteiger charge is -2.98. The molecular weight excluding hydrogens is 965 g/mol. The molecule has 10 rings (SSSR count). The summed E-state index contributed by atoms with van der Waals surface area (Å²) < 4.78 is 1.36. The molecule has 0 aromatic carbocycles. The number of carbonyl (C=O) groups is 2. The van der Waals surface area contributed by atoms with Crippen molar-refractivity contribution in [3.63, 3.8) is 0 Å². The smallest absolute Gasteiger partial charge is 0.155 e. The van der Waals surface area contributed by atoms with Crippen molar-refractivity contribution >= 4 is 35.1 Å². The predicted octanol–water partition coefficient (Wildman–Crippen LogP) is 17.0. The maximum absolute atomic E-state index is 12.2. The fraction of sp³-hybridized carbons (Fsp3) is 0.686. The summed E-state index contributed by atoms with van der Waals surface area (Å²) in [7, 11) is 8.86. The number of unbranched alkanes of at least 4 members (excludes halogenated alkanes) is 10. The number of nitrogens with zero attached hydrogens (tertiary/aromatic N) is 2. The Balaban J connectivity index is 0.732. The third kappa shape index (κ3) is 11.1. The Morgan fingerprint density at radius 3 is 1.34 bits per heavy atom. The Kier molecular flexibility index (Phi) is 19.0. The van der Waals surface area contributed by atoms with Crippen LogP contribution < -0.4 is 0 Å². The first-order chi connectivity index (χ1) is 37.2. The molecule has 0 N–H and O–H groups in total. The summed E-state index contributed by atoms with van der Waals surface area (Å²) in [5.41, 5.74) is 2.84. The van der Waals surface area contributed by atoms with Crippen LogP contribution in [-0.2, 0) is 9.59 Å². The zero-order valence-electron chi connectivity index (χ0n) is 48.1. The summed E-state index contributed by atoms with van der Waals surface area (Å²) in [6, 6.07) is 0. The molecule has 0 amide bonds. The van der Waals surface area contributed by atoms with Crippen LogP contribution in [0.5, 0.6) is 0 Å². The van der Waals surface area contributed by atoms with Crippen molar-refractivity contribution in [1.82, 2.24) is 9.80 Å². The van der Waals surface area contributed by atoms with E-state index in [1.165, 1.54) is 112 Å². The van der Waals surface area contributed by atoms with E-state index < -0.39 is 0 Å². The maximum Gasteiger partial charge on any atom is 0.155 e. The molecule has 6 heteroatoms. The predicted molar refractivity (Wildman–Crippen MR) is 326 cm³/mol. The van der Waals surface area contributed by atoms with Gasteiger partial charge in [-0.3, -0.25) is 9.59 Å². The van der Waals surface area contributed by atoms with Crippen molar-refractivity contribution in [3.8, 4) is 0 Å². The number of carbonyl (C=O) groups excluding carboxylic acids is 2. The van der Waals surface area contributed by atoms with Crippen LogP contribution in [0.3, 0.4) is 0 Å². The van der Waals surface area contributed by atoms with Crippen LogP contribution in [-0.4, -0.2) is 70.6 Å². The van der Waals surface area contributed by atoms with Gasteiger partial charge in [0, 0.05) is 61.9 Å². The second-order valence-corrected chi connectivity index (χ2v) is 29.0. The van der Waals surface area contributed by atoms with Gasteiger partial charge in [0.2, 0.25) is 0 Å². The Morgan fingerprint density at radius 2 is 0.829 bits per heavy atom. The first-order valence-electron chi connectivity index (χ1n) is 31.6. The summed E-state index contributed by atoms with van der Waals surface area (Å²) in [4.78, 5) is 29.0. The van der Waals surface area contributed by atoms with Crippen LogP contribution in [0.15, 0.2) is 121 Å². The van der Waals surface area contributed by atoms with Crippen LogP contribution >= 0.6 is 23.5 Å². The minimum Gasteiger partial charge on any atom is -0.381 e. The second-order valence-electron chi connectivity index (χ2n) is 26.3. The minimum atomic E-state index is 0.235. The fourth-order valence-corrected chi connectivity index (χ4v) is 23.4. The van der Waals surface area contributed by atoms with Gasteiger partial charge in [-0.2, -0.15) is 23.5 Å². The van der Waals surface area contributed by atoms with Gasteiger partial charge in [0.1, 0.15) is 0 Å². The van der Waals surface area contributed by atoms with Gasteiger partial charge in [0.15, 0.2) is 11.6 Å². The molecule has 414 valence electrons. The number of hydrogen-bond acceptors (Lipinski definition) is 6. The minimum absolute atomic E-state index is 0.235. The van der Waals surface area contributed by atoms with E-state index >= 15 is 0 Å². The quantitative estimate of drug-likeness (QED) is 0.0363. The van der Waals surface area contributed by atoms with Crippen molar-refractivity contribution in [1.29, 1.82) is 0 Å². The number of ketones is 2. The summed E-state index contributed by atoms with van der Waals surface area (Å²) in [6.07, 6.45) is 63.5. The van der Waals surface area contributed by atoms with Gasteiger partial charge in [0.05, 0.1) is 0 Å². The zero-order chi connectivity index (χ0) is 52.8. The molecule has 10 aliphatic rings. The fourth-order valence-electron chi connectivity index (χ4n) is 18.3. The largest absolute Gasteiger partial charge is 0.381 e. The third-order valence-electron chi connectivity index (χ3n) is 21.9. The van der Waals surface area contributed by atoms with E-state index in [1.54, 1.807) is 25.0 Å². The van der Waals surface area contributed by atoms with Crippen LogP contribution in [0.4, 0.5) is 0 Å². The highest BCUT2D eigenvalue weighted by molar-refractivity contribution is 8.02. The third-order valence-corrected chi connectivity index (χ3v) is 25.7. The van der Waals surface area contributed by atoms with Gasteiger partial charge in [-0.15, -0.1) is 0 Å². The average molecular weight is 1070 g/mol. The van der Waals surface area contributed by atoms with Gasteiger partial charge >= 0.3 is 0 Å². The summed E-state index contributed by atoms with van der Waals surface area (Å²) in [6.45, 7) is 4.45. The highest BCUT2D eigenvalue weighted by Gasteiger charge is 3.01. The number of hydrogen-bond donors (Lipinski definition) is 0. The van der Waals surface area contributed by atoms with Gasteiger partial charge < -0.3 is 9.80 Å². The molecule has 1 heterocycles. The topological polar surface area (TPSA) is 40.6 Å². The van der Waals surface area contributed by atoms with E-state index in [9.17, 15) is 9.59 Å². The number of thioether (sulfide) groups is 2. The van der Waals surface area contributed by atoms with Gasteiger partial charge in [-0.1, -0.05) is 163 Å². The van der Waals surface area contributed by atoms with Crippen molar-refractivity contribution in [3.05, 3.63) is 121 Å². The van der Waals surface area contributed by atoms with Gasteiger partial charge in [0.25, 0.3) is 0 Å². The Labute approximate surface area is 471 Å². The monoisotopic (exact) mass is 1060 g/mol. The first kappa shape index (κ1) is 56.3. The molecule has 10 fully saturated rings. The first-order valence-corrected chi connectivity index (χ1v) is 33.6. The van der Waals surface area contributed by atoms with Crippen molar-refractivity contribution in [2.45, 2.75) is 165 Å². The standard InChI is InChI=1S/C70H100N2O2S2/c1-7-9-11-19-27-41-53(73)43-29-23-17-13-15-21-25-37-51(71(3)4)39-33-31-35-49-47-75-69-64-58-46-57(58)61(64)66(69)63-67-62-59-55-45-56(55)60(59)65(62)70(67,68(63)69)76-48-50(49)36-32-34-40-52(72(5)6)38-26-22-16-14-18-24-30-44-54(74)42-28-20-12-10-8-2/h13-18,21-26,29-30,37-38,43-44,49-50,55-68H,7-12,19-20,27-28,31-36,39-42,45-48H2,1-6H3/b15-13+,16-14+,23-17+,24-18+,25-21+,26-22+,43-29+,44-30+,51-37-,52-38-. The molecule has 0 bridgehead atoms. The molecule has 2 spiro atoms. The molecule has 0 aromatic heterocycles. The van der Waals surface area contributed by atoms with E-state index in [0.29, 0.717) is 22.3 Å². The molecular formula is C70H100N2O2S2. The Hall–Kier alpha value is -2.96. The van der Waals surface area contributed by atoms with Crippen LogP contribution in [0, 0.1) is 94.7 Å². The molecule has 1 aliphatic heterocycles. The highest BCUT2D eigenvalue weighted by Crippen LogP contribution is 3.01. The molecule has 0 radical (unpaired) electrons. The Bertz CT molecular complexity index is 2320. The molecule has 18 atom stereocenters. The highest BCUT2D eigenvalue weighted by atomic mass is 32.2. The van der Waals surface area contributed by atoms with Gasteiger partial charge in [-0.25, -0.2) is 0 Å². The average Bonchev–Trinajstić information content (AvgIpc) is 1.21. The van der Waals surface area contributed by atoms with Crippen molar-refractivity contribution < 1.29 is 9.59 Å². The number of rotatable bonds is 34. The van der Waals surface area contributed by atoms with E-state index in [2.05, 4.69) is 136 Å². The molecule has 18 unspecified atom stereocenters. The van der Waals surface area contributed by atoms with E-state index in [-0.39, 0.29) is 11.6 Å². The lowest BCUT2D eigenvalue weighted by Crippen LogP contribution is -2.99. The van der Waals surface area contributed by atoms with Crippen LogP contribution in [0.2, 0.25) is 0 Å². The van der Waals surface area contributed by atoms with E-state index in [1.807, 2.05) is 36.5 Å². The zero-order valence-corrected chi connectivity index (χ0v) is 49.8. The van der Waals surface area contributed by atoms with E-state index in [0.717, 1.165) is 121 Å². The molecule has 9 aliphatic carbocycles. The maximum atomic E-state index is 12.2. The summed E-state index contributed by atoms with van der Waals surface area (Å²) >= 11 is 5.29. The lowest BCUT2D eigenvalue weighted by molar-refractivity contribution is -0.414. The van der Waals surface area contributed by atoms with Crippen molar-refractivity contribution in [2.24, 2.45) is 94.7 Å². The van der Waals surface area contributed by atoms with Crippen molar-refractivity contribution in [2.75, 3.05) is 39.7 Å². The van der Waals surface area contributed by atoms with Gasteiger partial charge in [-0.05, 0) is 195 Å². The van der Waals surface area contributed by atoms with E-state index in [4.69, 9.17) is 0 Å². The molecule has 0 aromatic rings. The number of fused-ring (bicyclic) bond motifs is 15.